The minimum absolute atomic E-state index is 0.0683. The number of nitrogens with two attached hydrogens (primary N) is 1. The zero-order chi connectivity index (χ0) is 12.4. The van der Waals surface area contributed by atoms with Crippen molar-refractivity contribution < 1.29 is 4.74 Å². The second kappa shape index (κ2) is 4.88. The predicted octanol–water partition coefficient (Wildman–Crippen LogP) is 1.58. The predicted molar refractivity (Wildman–Crippen MR) is 67.2 cm³/mol. The molecule has 3 rings (SSSR count). The monoisotopic (exact) mass is 244 g/mol. The second-order valence-electron chi connectivity index (χ2n) is 4.37. The Morgan fingerprint density at radius 3 is 2.83 bits per heavy atom. The molecule has 1 aromatic carbocycles. The summed E-state index contributed by atoms with van der Waals surface area (Å²) in [4.78, 5) is 0. The fourth-order valence-corrected chi connectivity index (χ4v) is 2.34. The molecule has 0 amide bonds. The summed E-state index contributed by atoms with van der Waals surface area (Å²) in [6, 6.07) is 9.97. The van der Waals surface area contributed by atoms with Crippen LogP contribution in [0.5, 0.6) is 0 Å². The van der Waals surface area contributed by atoms with E-state index in [1.165, 1.54) is 0 Å². The zero-order valence-electron chi connectivity index (χ0n) is 10.1. The molecule has 1 fully saturated rings. The van der Waals surface area contributed by atoms with Crippen molar-refractivity contribution >= 4 is 0 Å². The molecule has 1 aliphatic heterocycles. The number of ether oxygens (including phenoxy) is 1. The van der Waals surface area contributed by atoms with Crippen molar-refractivity contribution in [1.82, 2.24) is 15.0 Å². The van der Waals surface area contributed by atoms with Gasteiger partial charge in [-0.3, -0.25) is 0 Å². The van der Waals surface area contributed by atoms with Crippen LogP contribution in [0, 0.1) is 0 Å². The maximum Gasteiger partial charge on any atom is 0.103 e. The fraction of sp³-hybridized carbons (Fsp3) is 0.385. The third-order valence-corrected chi connectivity index (χ3v) is 3.21. The van der Waals surface area contributed by atoms with Crippen molar-refractivity contribution in [3.8, 4) is 5.69 Å². The highest BCUT2D eigenvalue weighted by atomic mass is 16.5. The van der Waals surface area contributed by atoms with Crippen molar-refractivity contribution in [1.29, 1.82) is 0 Å². The van der Waals surface area contributed by atoms with E-state index in [4.69, 9.17) is 10.5 Å². The molecule has 1 aromatic heterocycles. The molecule has 0 aliphatic carbocycles. The van der Waals surface area contributed by atoms with Crippen molar-refractivity contribution in [2.45, 2.75) is 25.5 Å². The number of rotatable bonds is 3. The van der Waals surface area contributed by atoms with Crippen LogP contribution in [0.4, 0.5) is 0 Å². The average molecular weight is 244 g/mol. The van der Waals surface area contributed by atoms with Gasteiger partial charge in [0.25, 0.3) is 0 Å². The second-order valence-corrected chi connectivity index (χ2v) is 4.37. The third-order valence-electron chi connectivity index (χ3n) is 3.21. The topological polar surface area (TPSA) is 66.0 Å². The van der Waals surface area contributed by atoms with E-state index in [0.29, 0.717) is 6.54 Å². The van der Waals surface area contributed by atoms with Gasteiger partial charge in [0.05, 0.1) is 11.4 Å². The van der Waals surface area contributed by atoms with E-state index < -0.39 is 0 Å². The van der Waals surface area contributed by atoms with Gasteiger partial charge < -0.3 is 10.5 Å². The van der Waals surface area contributed by atoms with Crippen LogP contribution in [0.15, 0.2) is 30.3 Å². The van der Waals surface area contributed by atoms with E-state index >= 15 is 0 Å². The quantitative estimate of drug-likeness (QED) is 0.890. The Morgan fingerprint density at radius 2 is 2.17 bits per heavy atom. The number of hydrogen-bond donors (Lipinski definition) is 1. The van der Waals surface area contributed by atoms with E-state index in [2.05, 4.69) is 10.3 Å². The molecule has 0 spiro atoms. The lowest BCUT2D eigenvalue weighted by Crippen LogP contribution is -2.10. The Balaban J connectivity index is 2.06. The van der Waals surface area contributed by atoms with E-state index in [-0.39, 0.29) is 6.10 Å². The highest BCUT2D eigenvalue weighted by molar-refractivity contribution is 5.34. The molecular weight excluding hydrogens is 228 g/mol. The number of para-hydroxylation sites is 1. The minimum atomic E-state index is 0.0683. The molecule has 2 N–H and O–H groups in total. The van der Waals surface area contributed by atoms with E-state index in [1.54, 1.807) is 0 Å². The first kappa shape index (κ1) is 11.4. The van der Waals surface area contributed by atoms with E-state index in [1.807, 2.05) is 35.0 Å². The summed E-state index contributed by atoms with van der Waals surface area (Å²) in [6.07, 6.45) is 2.15. The summed E-state index contributed by atoms with van der Waals surface area (Å²) in [5, 5.41) is 8.37. The normalized spacial score (nSPS) is 19.3. The van der Waals surface area contributed by atoms with Crippen molar-refractivity contribution in [2.24, 2.45) is 5.73 Å². The lowest BCUT2D eigenvalue weighted by atomic mass is 10.1. The molecule has 2 aromatic rings. The van der Waals surface area contributed by atoms with Gasteiger partial charge >= 0.3 is 0 Å². The summed E-state index contributed by atoms with van der Waals surface area (Å²) in [5.74, 6) is 0. The lowest BCUT2D eigenvalue weighted by molar-refractivity contribution is 0.106. The van der Waals surface area contributed by atoms with Crippen molar-refractivity contribution in [3.63, 3.8) is 0 Å². The van der Waals surface area contributed by atoms with Crippen LogP contribution in [0.25, 0.3) is 5.69 Å². The Hall–Kier alpha value is -1.72. The number of hydrogen-bond acceptors (Lipinski definition) is 4. The lowest BCUT2D eigenvalue weighted by Gasteiger charge is -2.13. The molecule has 1 atom stereocenters. The van der Waals surface area contributed by atoms with Gasteiger partial charge in [-0.25, -0.2) is 4.68 Å². The van der Waals surface area contributed by atoms with E-state index in [9.17, 15) is 0 Å². The molecule has 94 valence electrons. The summed E-state index contributed by atoms with van der Waals surface area (Å²) in [7, 11) is 0. The van der Waals surface area contributed by atoms with Gasteiger partial charge in [0.15, 0.2) is 0 Å². The molecule has 5 nitrogen and oxygen atoms in total. The molecule has 2 heterocycles. The maximum absolute atomic E-state index is 5.75. The van der Waals surface area contributed by atoms with Crippen LogP contribution in [0.1, 0.15) is 30.3 Å². The Labute approximate surface area is 106 Å². The summed E-state index contributed by atoms with van der Waals surface area (Å²) < 4.78 is 7.59. The minimum Gasteiger partial charge on any atom is -0.372 e. The Bertz CT molecular complexity index is 517. The molecular formula is C13H16N4O. The van der Waals surface area contributed by atoms with Crippen molar-refractivity contribution in [3.05, 3.63) is 41.7 Å². The molecule has 0 radical (unpaired) electrons. The highest BCUT2D eigenvalue weighted by Gasteiger charge is 2.26. The summed E-state index contributed by atoms with van der Waals surface area (Å²) in [6.45, 7) is 1.19. The van der Waals surface area contributed by atoms with Gasteiger partial charge in [0.1, 0.15) is 11.8 Å². The molecule has 1 aliphatic rings. The van der Waals surface area contributed by atoms with Gasteiger partial charge in [-0.2, -0.15) is 0 Å². The van der Waals surface area contributed by atoms with Crippen LogP contribution >= 0.6 is 0 Å². The Kier molecular flexibility index (Phi) is 3.08. The van der Waals surface area contributed by atoms with Gasteiger partial charge in [-0.1, -0.05) is 23.4 Å². The van der Waals surface area contributed by atoms with Crippen molar-refractivity contribution in [2.75, 3.05) is 6.61 Å². The number of benzene rings is 1. The van der Waals surface area contributed by atoms with Gasteiger partial charge in [-0.05, 0) is 25.0 Å². The SMILES string of the molecule is NCc1nnn(-c2ccccc2)c1C1CCCO1. The third kappa shape index (κ3) is 1.91. The summed E-state index contributed by atoms with van der Waals surface area (Å²) >= 11 is 0. The molecule has 18 heavy (non-hydrogen) atoms. The van der Waals surface area contributed by atoms with E-state index in [0.717, 1.165) is 36.5 Å². The van der Waals surface area contributed by atoms with Crippen LogP contribution in [-0.4, -0.2) is 21.6 Å². The average Bonchev–Trinajstić information content (AvgIpc) is 3.08. The molecule has 0 saturated carbocycles. The molecule has 1 unspecified atom stereocenters. The van der Waals surface area contributed by atoms with Crippen LogP contribution < -0.4 is 5.73 Å². The summed E-state index contributed by atoms with van der Waals surface area (Å²) in [5.41, 5.74) is 8.56. The van der Waals surface area contributed by atoms with Crippen LogP contribution in [-0.2, 0) is 11.3 Å². The smallest absolute Gasteiger partial charge is 0.103 e. The Morgan fingerprint density at radius 1 is 1.33 bits per heavy atom. The van der Waals surface area contributed by atoms with Gasteiger partial charge in [0.2, 0.25) is 0 Å². The first-order valence-electron chi connectivity index (χ1n) is 6.21. The van der Waals surface area contributed by atoms with Gasteiger partial charge in [0, 0.05) is 13.2 Å². The molecule has 5 heteroatoms. The standard InChI is InChI=1S/C13H16N4O/c14-9-11-13(12-7-4-8-18-12)17(16-15-11)10-5-2-1-3-6-10/h1-3,5-6,12H,4,7-9,14H2. The first-order valence-corrected chi connectivity index (χ1v) is 6.21. The largest absolute Gasteiger partial charge is 0.372 e. The van der Waals surface area contributed by atoms with Gasteiger partial charge in [-0.15, -0.1) is 5.10 Å². The molecule has 0 bridgehead atoms. The maximum atomic E-state index is 5.75. The first-order chi connectivity index (χ1) is 8.90. The zero-order valence-corrected chi connectivity index (χ0v) is 10.1. The number of aromatic nitrogens is 3. The fourth-order valence-electron chi connectivity index (χ4n) is 2.34. The molecule has 1 saturated heterocycles. The van der Waals surface area contributed by atoms with Crippen LogP contribution in [0.2, 0.25) is 0 Å². The van der Waals surface area contributed by atoms with Crippen LogP contribution in [0.3, 0.4) is 0 Å². The highest BCUT2D eigenvalue weighted by Crippen LogP contribution is 2.31. The number of nitrogens with zero attached hydrogens (tertiary/aromatic N) is 3.